The third-order valence-electron chi connectivity index (χ3n) is 5.48. The van der Waals surface area contributed by atoms with E-state index in [0.717, 1.165) is 5.56 Å². The fourth-order valence-corrected chi connectivity index (χ4v) is 3.72. The lowest BCUT2D eigenvalue weighted by Gasteiger charge is -2.31. The van der Waals surface area contributed by atoms with Gasteiger partial charge in [0.05, 0.1) is 23.9 Å². The number of nitrogens with one attached hydrogen (secondary N) is 2. The Bertz CT molecular complexity index is 1040. The molecule has 0 aromatic heterocycles. The Kier molecular flexibility index (Phi) is 4.99. The lowest BCUT2D eigenvalue weighted by atomic mass is 9.96. The van der Waals surface area contributed by atoms with E-state index in [2.05, 4.69) is 10.6 Å². The van der Waals surface area contributed by atoms with E-state index in [-0.39, 0.29) is 18.5 Å². The summed E-state index contributed by atoms with van der Waals surface area (Å²) in [6.07, 6.45) is 0. The molecule has 2 aliphatic heterocycles. The Hall–Kier alpha value is -3.68. The van der Waals surface area contributed by atoms with Crippen LogP contribution in [-0.4, -0.2) is 47.3 Å². The molecule has 2 atom stereocenters. The van der Waals surface area contributed by atoms with Crippen molar-refractivity contribution in [1.82, 2.24) is 15.1 Å². The number of carbonyl (C=O) groups is 3. The van der Waals surface area contributed by atoms with Gasteiger partial charge in [0.25, 0.3) is 5.91 Å². The standard InChI is InChI=1S/C22H21FN4O3/c1-13(20(28)24-16-10-8-15(23)9-11-16)27-12-17-18(21(27)29)19(25-22(30)26(17)2)14-6-4-3-5-7-14/h3-11,13,19H,12H2,1-2H3,(H,24,28)(H,25,30)/t13-,19-/m1/s1. The van der Waals surface area contributed by atoms with E-state index >= 15 is 0 Å². The van der Waals surface area contributed by atoms with Crippen molar-refractivity contribution in [3.8, 4) is 0 Å². The van der Waals surface area contributed by atoms with Gasteiger partial charge in [0.2, 0.25) is 5.91 Å². The highest BCUT2D eigenvalue weighted by Crippen LogP contribution is 2.36. The summed E-state index contributed by atoms with van der Waals surface area (Å²) in [4.78, 5) is 41.3. The van der Waals surface area contributed by atoms with Gasteiger partial charge in [-0.3, -0.25) is 14.5 Å². The smallest absolute Gasteiger partial charge is 0.322 e. The molecular formula is C22H21FN4O3. The maximum absolute atomic E-state index is 13.3. The summed E-state index contributed by atoms with van der Waals surface area (Å²) in [5, 5.41) is 5.56. The second-order valence-corrected chi connectivity index (χ2v) is 7.32. The number of nitrogens with zero attached hydrogens (tertiary/aromatic N) is 2. The van der Waals surface area contributed by atoms with Crippen molar-refractivity contribution in [1.29, 1.82) is 0 Å². The van der Waals surface area contributed by atoms with E-state index in [9.17, 15) is 18.8 Å². The molecule has 0 radical (unpaired) electrons. The molecule has 2 heterocycles. The molecule has 0 saturated heterocycles. The average molecular weight is 408 g/mol. The summed E-state index contributed by atoms with van der Waals surface area (Å²) in [5.74, 6) is -1.10. The highest BCUT2D eigenvalue weighted by Gasteiger charge is 2.45. The predicted molar refractivity (Wildman–Crippen MR) is 109 cm³/mol. The molecule has 2 N–H and O–H groups in total. The zero-order valence-corrected chi connectivity index (χ0v) is 16.6. The van der Waals surface area contributed by atoms with Crippen molar-refractivity contribution in [2.75, 3.05) is 18.9 Å². The van der Waals surface area contributed by atoms with Crippen molar-refractivity contribution in [3.05, 3.63) is 77.2 Å². The molecule has 0 saturated carbocycles. The van der Waals surface area contributed by atoms with Gasteiger partial charge >= 0.3 is 6.03 Å². The van der Waals surface area contributed by atoms with Gasteiger partial charge in [-0.2, -0.15) is 0 Å². The molecule has 2 aromatic carbocycles. The molecule has 154 valence electrons. The summed E-state index contributed by atoms with van der Waals surface area (Å²) in [6, 6.07) is 13.0. The second kappa shape index (κ2) is 7.62. The molecule has 8 heteroatoms. The van der Waals surface area contributed by atoms with Crippen molar-refractivity contribution in [2.45, 2.75) is 19.0 Å². The Morgan fingerprint density at radius 2 is 1.80 bits per heavy atom. The topological polar surface area (TPSA) is 81.8 Å². The van der Waals surface area contributed by atoms with E-state index in [4.69, 9.17) is 0 Å². The third-order valence-corrected chi connectivity index (χ3v) is 5.48. The van der Waals surface area contributed by atoms with Crippen LogP contribution in [0, 0.1) is 5.82 Å². The van der Waals surface area contributed by atoms with E-state index < -0.39 is 23.8 Å². The summed E-state index contributed by atoms with van der Waals surface area (Å²) in [7, 11) is 1.60. The highest BCUT2D eigenvalue weighted by atomic mass is 19.1. The largest absolute Gasteiger partial charge is 0.327 e. The van der Waals surface area contributed by atoms with E-state index in [0.29, 0.717) is 17.0 Å². The number of amides is 4. The third kappa shape index (κ3) is 3.41. The predicted octanol–water partition coefficient (Wildman–Crippen LogP) is 2.65. The monoisotopic (exact) mass is 408 g/mol. The van der Waals surface area contributed by atoms with E-state index in [1.165, 1.54) is 34.1 Å². The number of benzene rings is 2. The van der Waals surface area contributed by atoms with Gasteiger partial charge < -0.3 is 15.5 Å². The highest BCUT2D eigenvalue weighted by molar-refractivity contribution is 6.05. The van der Waals surface area contributed by atoms with Gasteiger partial charge in [0.15, 0.2) is 0 Å². The average Bonchev–Trinajstić information content (AvgIpc) is 3.10. The molecule has 2 aliphatic rings. The van der Waals surface area contributed by atoms with Crippen LogP contribution in [0.1, 0.15) is 18.5 Å². The molecule has 0 fully saturated rings. The fourth-order valence-electron chi connectivity index (χ4n) is 3.72. The van der Waals surface area contributed by atoms with Gasteiger partial charge in [-0.05, 0) is 36.8 Å². The van der Waals surface area contributed by atoms with Crippen molar-refractivity contribution < 1.29 is 18.8 Å². The maximum atomic E-state index is 13.3. The first kappa shape index (κ1) is 19.6. The number of urea groups is 1. The number of hydrogen-bond acceptors (Lipinski definition) is 3. The van der Waals surface area contributed by atoms with Crippen LogP contribution in [0.25, 0.3) is 0 Å². The quantitative estimate of drug-likeness (QED) is 0.816. The van der Waals surface area contributed by atoms with Gasteiger partial charge in [-0.15, -0.1) is 0 Å². The minimum Gasteiger partial charge on any atom is -0.327 e. The zero-order valence-electron chi connectivity index (χ0n) is 16.6. The van der Waals surface area contributed by atoms with Crippen LogP contribution in [0.15, 0.2) is 65.9 Å². The van der Waals surface area contributed by atoms with Crippen molar-refractivity contribution >= 4 is 23.5 Å². The molecule has 0 aliphatic carbocycles. The molecule has 4 rings (SSSR count). The Morgan fingerprint density at radius 3 is 2.47 bits per heavy atom. The molecule has 2 aromatic rings. The van der Waals surface area contributed by atoms with Gasteiger partial charge in [-0.1, -0.05) is 30.3 Å². The molecule has 4 amide bonds. The van der Waals surface area contributed by atoms with Crippen LogP contribution in [0.5, 0.6) is 0 Å². The molecular weight excluding hydrogens is 387 g/mol. The summed E-state index contributed by atoms with van der Waals surface area (Å²) >= 11 is 0. The van der Waals surface area contributed by atoms with Crippen LogP contribution in [0.4, 0.5) is 14.9 Å². The van der Waals surface area contributed by atoms with Gasteiger partial charge in [0, 0.05) is 12.7 Å². The Morgan fingerprint density at radius 1 is 1.13 bits per heavy atom. The summed E-state index contributed by atoms with van der Waals surface area (Å²) < 4.78 is 13.1. The van der Waals surface area contributed by atoms with Crippen LogP contribution < -0.4 is 10.6 Å². The minimum absolute atomic E-state index is 0.152. The molecule has 7 nitrogen and oxygen atoms in total. The van der Waals surface area contributed by atoms with Crippen molar-refractivity contribution in [2.24, 2.45) is 0 Å². The molecule has 0 bridgehead atoms. The first-order valence-electron chi connectivity index (χ1n) is 9.56. The number of likely N-dealkylation sites (N-methyl/N-ethyl adjacent to an activating group) is 1. The van der Waals surface area contributed by atoms with Gasteiger partial charge in [0.1, 0.15) is 11.9 Å². The zero-order chi connectivity index (χ0) is 21.4. The number of carbonyl (C=O) groups excluding carboxylic acids is 3. The minimum atomic E-state index is -0.784. The van der Waals surface area contributed by atoms with Crippen molar-refractivity contribution in [3.63, 3.8) is 0 Å². The van der Waals surface area contributed by atoms with Crippen LogP contribution >= 0.6 is 0 Å². The molecule has 30 heavy (non-hydrogen) atoms. The Labute approximate surface area is 173 Å². The summed E-state index contributed by atoms with van der Waals surface area (Å²) in [5.41, 5.74) is 2.28. The van der Waals surface area contributed by atoms with E-state index in [1.807, 2.05) is 30.3 Å². The molecule has 0 unspecified atom stereocenters. The number of hydrogen-bond donors (Lipinski definition) is 2. The van der Waals surface area contributed by atoms with Crippen LogP contribution in [0.2, 0.25) is 0 Å². The lowest BCUT2D eigenvalue weighted by molar-refractivity contribution is -0.133. The lowest BCUT2D eigenvalue weighted by Crippen LogP contribution is -2.45. The number of anilines is 1. The number of rotatable bonds is 4. The SMILES string of the molecule is C[C@H](C(=O)Nc1ccc(F)cc1)N1CC2=C(C1=O)[C@@H](c1ccccc1)NC(=O)N2C. The van der Waals surface area contributed by atoms with Crippen LogP contribution in [0.3, 0.4) is 0 Å². The van der Waals surface area contributed by atoms with E-state index in [1.54, 1.807) is 14.0 Å². The van der Waals surface area contributed by atoms with Gasteiger partial charge in [-0.25, -0.2) is 9.18 Å². The summed E-state index contributed by atoms with van der Waals surface area (Å²) in [6.45, 7) is 1.78. The van der Waals surface area contributed by atoms with Crippen LogP contribution in [-0.2, 0) is 9.59 Å². The maximum Gasteiger partial charge on any atom is 0.322 e. The molecule has 0 spiro atoms. The fraction of sp³-hybridized carbons (Fsp3) is 0.227. The normalized spacial score (nSPS) is 19.5. The first-order valence-corrected chi connectivity index (χ1v) is 9.56. The first-order chi connectivity index (χ1) is 14.4. The number of halogens is 1. The Balaban J connectivity index is 1.58. The second-order valence-electron chi connectivity index (χ2n) is 7.32.